The van der Waals surface area contributed by atoms with Gasteiger partial charge in [0.1, 0.15) is 0 Å². The van der Waals surface area contributed by atoms with E-state index in [2.05, 4.69) is 34.3 Å². The van der Waals surface area contributed by atoms with Crippen LogP contribution < -0.4 is 5.32 Å². The fourth-order valence-electron chi connectivity index (χ4n) is 3.32. The molecular formula is C17H30N4O. The molecule has 2 rings (SSSR count). The van der Waals surface area contributed by atoms with Gasteiger partial charge in [0.2, 0.25) is 5.91 Å². The topological polar surface area (TPSA) is 61.0 Å². The maximum atomic E-state index is 12.2. The van der Waals surface area contributed by atoms with Gasteiger partial charge in [-0.2, -0.15) is 5.10 Å². The highest BCUT2D eigenvalue weighted by Gasteiger charge is 2.21. The van der Waals surface area contributed by atoms with Gasteiger partial charge in [0.05, 0.1) is 12.1 Å². The van der Waals surface area contributed by atoms with Gasteiger partial charge in [0.15, 0.2) is 0 Å². The largest absolute Gasteiger partial charge is 0.355 e. The number of likely N-dealkylation sites (tertiary alicyclic amines) is 1. The zero-order valence-electron chi connectivity index (χ0n) is 14.4. The summed E-state index contributed by atoms with van der Waals surface area (Å²) in [5.41, 5.74) is 2.95. The zero-order chi connectivity index (χ0) is 16.1. The van der Waals surface area contributed by atoms with Crippen LogP contribution in [-0.2, 0) is 11.2 Å². The third kappa shape index (κ3) is 4.83. The number of nitrogens with one attached hydrogen (secondary N) is 2. The van der Waals surface area contributed by atoms with Gasteiger partial charge in [-0.3, -0.25) is 9.89 Å². The Labute approximate surface area is 133 Å². The van der Waals surface area contributed by atoms with Crippen molar-refractivity contribution in [2.24, 2.45) is 11.8 Å². The molecule has 1 unspecified atom stereocenters. The molecule has 5 heteroatoms. The lowest BCUT2D eigenvalue weighted by Gasteiger charge is -2.33. The van der Waals surface area contributed by atoms with Crippen LogP contribution in [0.1, 0.15) is 43.6 Å². The number of hydrogen-bond donors (Lipinski definition) is 2. The highest BCUT2D eigenvalue weighted by Crippen LogP contribution is 2.17. The van der Waals surface area contributed by atoms with E-state index in [0.717, 1.165) is 36.6 Å². The predicted octanol–water partition coefficient (Wildman–Crippen LogP) is 2.05. The summed E-state index contributed by atoms with van der Waals surface area (Å²) >= 11 is 0. The van der Waals surface area contributed by atoms with Crippen LogP contribution in [0.3, 0.4) is 0 Å². The first-order chi connectivity index (χ1) is 10.5. The summed E-state index contributed by atoms with van der Waals surface area (Å²) in [5.74, 6) is 1.40. The predicted molar refractivity (Wildman–Crippen MR) is 88.8 cm³/mol. The maximum Gasteiger partial charge on any atom is 0.224 e. The highest BCUT2D eigenvalue weighted by molar-refractivity contribution is 5.79. The molecule has 1 aromatic rings. The number of nitrogens with zero attached hydrogens (tertiary/aromatic N) is 2. The lowest BCUT2D eigenvalue weighted by Crippen LogP contribution is -2.42. The molecule has 124 valence electrons. The third-order valence-electron chi connectivity index (χ3n) is 4.43. The summed E-state index contributed by atoms with van der Waals surface area (Å²) < 4.78 is 0. The Morgan fingerprint density at radius 3 is 2.86 bits per heavy atom. The summed E-state index contributed by atoms with van der Waals surface area (Å²) in [5, 5.41) is 10.2. The standard InChI is InChI=1S/C17H30N4O/c1-12(2)10-21-7-5-6-15(11-21)9-18-17(22)8-16-13(3)19-20-14(16)4/h12,15H,5-11H2,1-4H3,(H,18,22)(H,19,20). The minimum atomic E-state index is 0.105. The Balaban J connectivity index is 1.76. The molecule has 0 aromatic carbocycles. The van der Waals surface area contributed by atoms with Crippen molar-refractivity contribution in [1.29, 1.82) is 0 Å². The van der Waals surface area contributed by atoms with E-state index in [1.807, 2.05) is 13.8 Å². The second-order valence-corrected chi connectivity index (χ2v) is 7.06. The van der Waals surface area contributed by atoms with Crippen molar-refractivity contribution in [2.45, 2.75) is 47.0 Å². The van der Waals surface area contributed by atoms with Crippen LogP contribution in [0.2, 0.25) is 0 Å². The molecule has 0 bridgehead atoms. The highest BCUT2D eigenvalue weighted by atomic mass is 16.1. The van der Waals surface area contributed by atoms with E-state index in [1.54, 1.807) is 0 Å². The molecule has 22 heavy (non-hydrogen) atoms. The molecule has 1 aliphatic heterocycles. The molecule has 1 atom stereocenters. The summed E-state index contributed by atoms with van der Waals surface area (Å²) in [6.45, 7) is 12.7. The lowest BCUT2D eigenvalue weighted by atomic mass is 9.97. The van der Waals surface area contributed by atoms with Gasteiger partial charge >= 0.3 is 0 Å². The molecule has 0 saturated carbocycles. The number of rotatable bonds is 6. The van der Waals surface area contributed by atoms with Gasteiger partial charge in [-0.15, -0.1) is 0 Å². The van der Waals surface area contributed by atoms with Crippen LogP contribution in [0.15, 0.2) is 0 Å². The second kappa shape index (κ2) is 7.77. The average Bonchev–Trinajstić information content (AvgIpc) is 2.77. The number of piperidine rings is 1. The number of aryl methyl sites for hydroxylation is 2. The van der Waals surface area contributed by atoms with Crippen molar-refractivity contribution in [3.8, 4) is 0 Å². The van der Waals surface area contributed by atoms with Crippen LogP contribution in [0.5, 0.6) is 0 Å². The van der Waals surface area contributed by atoms with E-state index < -0.39 is 0 Å². The number of aromatic nitrogens is 2. The maximum absolute atomic E-state index is 12.2. The smallest absolute Gasteiger partial charge is 0.224 e. The Morgan fingerprint density at radius 2 is 2.23 bits per heavy atom. The molecule has 2 N–H and O–H groups in total. The molecule has 5 nitrogen and oxygen atoms in total. The number of H-pyrrole nitrogens is 1. The first-order valence-electron chi connectivity index (χ1n) is 8.45. The Bertz CT molecular complexity index is 475. The van der Waals surface area contributed by atoms with Crippen molar-refractivity contribution in [3.63, 3.8) is 0 Å². The summed E-state index contributed by atoms with van der Waals surface area (Å²) in [4.78, 5) is 14.7. The van der Waals surface area contributed by atoms with Crippen molar-refractivity contribution in [3.05, 3.63) is 17.0 Å². The number of hydrogen-bond acceptors (Lipinski definition) is 3. The van der Waals surface area contributed by atoms with E-state index in [0.29, 0.717) is 18.3 Å². The van der Waals surface area contributed by atoms with Gasteiger partial charge in [-0.25, -0.2) is 0 Å². The number of carbonyl (C=O) groups is 1. The fraction of sp³-hybridized carbons (Fsp3) is 0.765. The Hall–Kier alpha value is -1.36. The Morgan fingerprint density at radius 1 is 1.45 bits per heavy atom. The molecule has 1 saturated heterocycles. The van der Waals surface area contributed by atoms with E-state index >= 15 is 0 Å². The molecule has 1 aromatic heterocycles. The lowest BCUT2D eigenvalue weighted by molar-refractivity contribution is -0.120. The van der Waals surface area contributed by atoms with Crippen molar-refractivity contribution >= 4 is 5.91 Å². The SMILES string of the molecule is Cc1n[nH]c(C)c1CC(=O)NCC1CCCN(CC(C)C)C1. The zero-order valence-corrected chi connectivity index (χ0v) is 14.4. The van der Waals surface area contributed by atoms with E-state index in [1.165, 1.54) is 19.4 Å². The summed E-state index contributed by atoms with van der Waals surface area (Å²) in [6, 6.07) is 0. The number of carbonyl (C=O) groups excluding carboxylic acids is 1. The first kappa shape index (κ1) is 17.0. The molecule has 0 aliphatic carbocycles. The van der Waals surface area contributed by atoms with Crippen LogP contribution in [0, 0.1) is 25.7 Å². The minimum absolute atomic E-state index is 0.105. The van der Waals surface area contributed by atoms with E-state index in [-0.39, 0.29) is 5.91 Å². The Kier molecular flexibility index (Phi) is 6.00. The van der Waals surface area contributed by atoms with E-state index in [9.17, 15) is 4.79 Å². The molecule has 0 radical (unpaired) electrons. The van der Waals surface area contributed by atoms with Gasteiger partial charge in [0.25, 0.3) is 0 Å². The van der Waals surface area contributed by atoms with Crippen LogP contribution in [0.25, 0.3) is 0 Å². The third-order valence-corrected chi connectivity index (χ3v) is 4.43. The van der Waals surface area contributed by atoms with Crippen LogP contribution >= 0.6 is 0 Å². The van der Waals surface area contributed by atoms with Crippen molar-refractivity contribution < 1.29 is 4.79 Å². The van der Waals surface area contributed by atoms with Crippen molar-refractivity contribution in [1.82, 2.24) is 20.4 Å². The number of amides is 1. The average molecular weight is 306 g/mol. The summed E-state index contributed by atoms with van der Waals surface area (Å²) in [7, 11) is 0. The normalized spacial score (nSPS) is 19.6. The fourth-order valence-corrected chi connectivity index (χ4v) is 3.32. The van der Waals surface area contributed by atoms with Crippen molar-refractivity contribution in [2.75, 3.05) is 26.2 Å². The molecule has 0 spiro atoms. The summed E-state index contributed by atoms with van der Waals surface area (Å²) in [6.07, 6.45) is 2.89. The monoisotopic (exact) mass is 306 g/mol. The molecule has 1 aliphatic rings. The molecule has 1 amide bonds. The van der Waals surface area contributed by atoms with Crippen LogP contribution in [0.4, 0.5) is 0 Å². The quantitative estimate of drug-likeness (QED) is 0.845. The molecule has 2 heterocycles. The van der Waals surface area contributed by atoms with E-state index in [4.69, 9.17) is 0 Å². The molecule has 1 fully saturated rings. The minimum Gasteiger partial charge on any atom is -0.355 e. The van der Waals surface area contributed by atoms with Gasteiger partial charge < -0.3 is 10.2 Å². The van der Waals surface area contributed by atoms with Gasteiger partial charge in [0, 0.05) is 30.9 Å². The van der Waals surface area contributed by atoms with Gasteiger partial charge in [-0.1, -0.05) is 13.8 Å². The number of aromatic amines is 1. The first-order valence-corrected chi connectivity index (χ1v) is 8.45. The van der Waals surface area contributed by atoms with Gasteiger partial charge in [-0.05, 0) is 45.1 Å². The molecular weight excluding hydrogens is 276 g/mol. The second-order valence-electron chi connectivity index (χ2n) is 7.06. The van der Waals surface area contributed by atoms with Crippen LogP contribution in [-0.4, -0.2) is 47.2 Å².